The molecule has 88 valence electrons. The van der Waals surface area contributed by atoms with E-state index in [0.717, 1.165) is 6.42 Å². The molecule has 0 atom stereocenters. The van der Waals surface area contributed by atoms with Gasteiger partial charge in [-0.3, -0.25) is 0 Å². The van der Waals surface area contributed by atoms with Crippen LogP contribution in [0.2, 0.25) is 0 Å². The molecule has 6 heteroatoms. The van der Waals surface area contributed by atoms with E-state index in [2.05, 4.69) is 6.92 Å². The van der Waals surface area contributed by atoms with Crippen molar-refractivity contribution in [1.29, 1.82) is 0 Å². The zero-order valence-corrected chi connectivity index (χ0v) is 12.0. The van der Waals surface area contributed by atoms with Gasteiger partial charge in [0.05, 0.1) is 0 Å². The van der Waals surface area contributed by atoms with Crippen LogP contribution in [0.1, 0.15) is 45.4 Å². The van der Waals surface area contributed by atoms with E-state index < -0.39 is 0 Å². The van der Waals surface area contributed by atoms with Crippen molar-refractivity contribution < 1.29 is 65.0 Å². The van der Waals surface area contributed by atoms with Gasteiger partial charge in [-0.25, -0.2) is 0 Å². The molecule has 0 amide bonds. The summed E-state index contributed by atoms with van der Waals surface area (Å²) >= 11 is 0. The van der Waals surface area contributed by atoms with E-state index in [0.29, 0.717) is 6.61 Å². The molecule has 0 fully saturated rings. The number of rotatable bonds is 6. The summed E-state index contributed by atoms with van der Waals surface area (Å²) in [4.78, 5) is 0. The Hall–Kier alpha value is 1.27. The van der Waals surface area contributed by atoms with E-state index in [1.165, 1.54) is 32.1 Å². The number of aliphatic hydroxyl groups excluding tert-OH is 1. The van der Waals surface area contributed by atoms with Gasteiger partial charge in [-0.1, -0.05) is 39.0 Å². The van der Waals surface area contributed by atoms with E-state index in [4.69, 9.17) is 5.11 Å². The van der Waals surface area contributed by atoms with Gasteiger partial charge in [0, 0.05) is 50.0 Å². The zero-order chi connectivity index (χ0) is 6.95. The third-order valence-corrected chi connectivity index (χ3v) is 1.51. The van der Waals surface area contributed by atoms with Crippen molar-refractivity contribution in [3.63, 3.8) is 0 Å². The molecule has 0 aromatic rings. The number of hydrogen-bond acceptors (Lipinski definition) is 1. The maximum absolute atomic E-state index is 8.42. The first-order chi connectivity index (χ1) is 4.41. The van der Waals surface area contributed by atoms with Crippen LogP contribution in [-0.2, 0) is 43.4 Å². The van der Waals surface area contributed by atoms with E-state index in [-0.39, 0.29) is 59.9 Å². The second kappa shape index (κ2) is 36.7. The van der Waals surface area contributed by atoms with Crippen molar-refractivity contribution in [2.75, 3.05) is 6.61 Å². The third kappa shape index (κ3) is 37.8. The molecule has 14 heavy (non-hydrogen) atoms. The minimum Gasteiger partial charge on any atom is -0.412 e. The van der Waals surface area contributed by atoms with Gasteiger partial charge < -0.3 is 21.5 Å². The fourth-order valence-electron chi connectivity index (χ4n) is 0.892. The predicted octanol–water partition coefficient (Wildman–Crippen LogP) is -0.140. The summed E-state index contributed by atoms with van der Waals surface area (Å²) in [7, 11) is 0. The van der Waals surface area contributed by atoms with Gasteiger partial charge in [-0.2, -0.15) is 0 Å². The van der Waals surface area contributed by atoms with Crippen LogP contribution in [-0.4, -0.2) is 28.1 Å². The first-order valence-electron chi connectivity index (χ1n) is 4.02. The average Bonchev–Trinajstić information content (AvgIpc) is 1.89. The van der Waals surface area contributed by atoms with Crippen molar-refractivity contribution in [2.24, 2.45) is 0 Å². The van der Waals surface area contributed by atoms with E-state index in [9.17, 15) is 0 Å². The molecule has 0 aliphatic carbocycles. The Bertz CT molecular complexity index is 52.6. The molecule has 0 aliphatic rings. The van der Waals surface area contributed by atoms with Crippen LogP contribution in [0.4, 0.5) is 0 Å². The fourth-order valence-corrected chi connectivity index (χ4v) is 0.892. The number of hydrogen-bond donors (Lipinski definition) is 1. The Balaban J connectivity index is -0.0000000320. The normalized spacial score (nSPS) is 6.43. The van der Waals surface area contributed by atoms with Crippen LogP contribution >= 0.6 is 0 Å². The molecule has 4 nitrogen and oxygen atoms in total. The fraction of sp³-hybridized carbons (Fsp3) is 1.00. The van der Waals surface area contributed by atoms with Gasteiger partial charge in [0.25, 0.3) is 0 Å². The monoisotopic (exact) mass is 280 g/mol. The molecule has 0 radical (unpaired) electrons. The number of aliphatic hydroxyl groups is 1. The molecule has 7 N–H and O–H groups in total. The second-order valence-electron chi connectivity index (χ2n) is 2.49. The molecular weight excluding hydrogens is 256 g/mol. The van der Waals surface area contributed by atoms with Crippen molar-refractivity contribution in [2.45, 2.75) is 45.4 Å². The maximum atomic E-state index is 8.42. The molecule has 0 saturated carbocycles. The molecule has 0 rings (SSSR count). The first-order valence-corrected chi connectivity index (χ1v) is 4.02. The van der Waals surface area contributed by atoms with Crippen LogP contribution in [0.15, 0.2) is 0 Å². The zero-order valence-electron chi connectivity index (χ0n) is 8.90. The summed E-state index contributed by atoms with van der Waals surface area (Å²) in [6.45, 7) is 2.58. The Morgan fingerprint density at radius 2 is 1.07 bits per heavy atom. The molecular formula is C8H24O4Ti2. The minimum atomic E-state index is 0. The van der Waals surface area contributed by atoms with Crippen LogP contribution in [0, 0.1) is 0 Å². The summed E-state index contributed by atoms with van der Waals surface area (Å²) in [5.41, 5.74) is 0. The summed E-state index contributed by atoms with van der Waals surface area (Å²) in [5, 5.41) is 8.42. The Morgan fingerprint density at radius 3 is 1.43 bits per heavy atom. The molecule has 0 aromatic carbocycles. The molecule has 0 saturated heterocycles. The smallest absolute Gasteiger partial charge is 0.0431 e. The van der Waals surface area contributed by atoms with E-state index in [1.54, 1.807) is 0 Å². The summed E-state index contributed by atoms with van der Waals surface area (Å²) in [5.74, 6) is 0. The average molecular weight is 280 g/mol. The van der Waals surface area contributed by atoms with Gasteiger partial charge in [-0.05, 0) is 6.42 Å². The van der Waals surface area contributed by atoms with E-state index >= 15 is 0 Å². The molecule has 0 unspecified atom stereocenters. The van der Waals surface area contributed by atoms with Crippen LogP contribution in [0.5, 0.6) is 0 Å². The third-order valence-electron chi connectivity index (χ3n) is 1.51. The van der Waals surface area contributed by atoms with Gasteiger partial charge in [0.2, 0.25) is 0 Å². The molecule has 0 bridgehead atoms. The Labute approximate surface area is 117 Å². The van der Waals surface area contributed by atoms with Crippen molar-refractivity contribution in [3.05, 3.63) is 0 Å². The van der Waals surface area contributed by atoms with Gasteiger partial charge in [0.15, 0.2) is 0 Å². The van der Waals surface area contributed by atoms with Crippen molar-refractivity contribution in [1.82, 2.24) is 0 Å². The quantitative estimate of drug-likeness (QED) is 0.529. The molecule has 0 aliphatic heterocycles. The molecule has 0 heterocycles. The second-order valence-corrected chi connectivity index (χ2v) is 2.49. The van der Waals surface area contributed by atoms with E-state index in [1.807, 2.05) is 0 Å². The van der Waals surface area contributed by atoms with Gasteiger partial charge >= 0.3 is 0 Å². The Kier molecular flexibility index (Phi) is 95.0. The summed E-state index contributed by atoms with van der Waals surface area (Å²) < 4.78 is 0. The number of unbranched alkanes of at least 4 members (excludes halogenated alkanes) is 5. The predicted molar refractivity (Wildman–Crippen MR) is 51.3 cm³/mol. The maximum Gasteiger partial charge on any atom is 0.0431 e. The molecule has 0 spiro atoms. The van der Waals surface area contributed by atoms with Crippen LogP contribution < -0.4 is 0 Å². The van der Waals surface area contributed by atoms with Gasteiger partial charge in [-0.15, -0.1) is 0 Å². The molecule has 0 aromatic heterocycles. The van der Waals surface area contributed by atoms with Crippen LogP contribution in [0.3, 0.4) is 0 Å². The van der Waals surface area contributed by atoms with Gasteiger partial charge in [0.1, 0.15) is 0 Å². The largest absolute Gasteiger partial charge is 0.412 e. The minimum absolute atomic E-state index is 0. The van der Waals surface area contributed by atoms with Crippen molar-refractivity contribution >= 4 is 0 Å². The summed E-state index contributed by atoms with van der Waals surface area (Å²) in [6, 6.07) is 0. The summed E-state index contributed by atoms with van der Waals surface area (Å²) in [6.07, 6.45) is 7.50. The SMILES string of the molecule is CCCCCCCCO.O.O.O.[Ti].[Ti]. The van der Waals surface area contributed by atoms with Crippen LogP contribution in [0.25, 0.3) is 0 Å². The first kappa shape index (κ1) is 36.2. The Morgan fingerprint density at radius 1 is 0.714 bits per heavy atom. The van der Waals surface area contributed by atoms with Crippen molar-refractivity contribution in [3.8, 4) is 0 Å². The standard InChI is InChI=1S/C8H18O.3H2O.2Ti/c1-2-3-4-5-6-7-8-9;;;;;/h9H,2-8H2,1H3;3*1H2;;. The topological polar surface area (TPSA) is 115 Å².